The van der Waals surface area contributed by atoms with Crippen molar-refractivity contribution in [2.45, 2.75) is 12.3 Å². The maximum atomic E-state index is 8.87. The van der Waals surface area contributed by atoms with Gasteiger partial charge in [0.15, 0.2) is 5.82 Å². The van der Waals surface area contributed by atoms with Gasteiger partial charge < -0.3 is 19.3 Å². The summed E-state index contributed by atoms with van der Waals surface area (Å²) in [5.41, 5.74) is 2.68. The number of rotatable bonds is 5. The van der Waals surface area contributed by atoms with Crippen LogP contribution in [0.15, 0.2) is 42.9 Å². The van der Waals surface area contributed by atoms with Gasteiger partial charge in [0.2, 0.25) is 5.88 Å². The molecule has 0 spiro atoms. The molecule has 1 aliphatic heterocycles. The van der Waals surface area contributed by atoms with E-state index in [4.69, 9.17) is 9.84 Å². The number of anilines is 1. The summed E-state index contributed by atoms with van der Waals surface area (Å²) in [7, 11) is 2.10. The molecule has 3 aromatic rings. The molecule has 0 saturated carbocycles. The number of aliphatic hydroxyl groups excluding tert-OH is 1. The number of benzene rings is 1. The smallest absolute Gasteiger partial charge is 0.234 e. The molecule has 2 aromatic heterocycles. The summed E-state index contributed by atoms with van der Waals surface area (Å²) >= 11 is 0. The van der Waals surface area contributed by atoms with Crippen LogP contribution in [0.4, 0.5) is 5.82 Å². The van der Waals surface area contributed by atoms with Crippen molar-refractivity contribution in [3.05, 3.63) is 48.4 Å². The summed E-state index contributed by atoms with van der Waals surface area (Å²) in [6.45, 7) is 2.08. The maximum absolute atomic E-state index is 8.87. The number of nitrogens with zero attached hydrogens (tertiary/aromatic N) is 4. The van der Waals surface area contributed by atoms with Gasteiger partial charge in [0, 0.05) is 43.2 Å². The first-order valence-electron chi connectivity index (χ1n) is 8.61. The fourth-order valence-corrected chi connectivity index (χ4v) is 3.63. The summed E-state index contributed by atoms with van der Waals surface area (Å²) in [6.07, 6.45) is 6.71. The minimum absolute atomic E-state index is 0.0290. The first-order valence-corrected chi connectivity index (χ1v) is 8.61. The van der Waals surface area contributed by atoms with Crippen LogP contribution in [0.5, 0.6) is 5.88 Å². The van der Waals surface area contributed by atoms with E-state index >= 15 is 0 Å². The van der Waals surface area contributed by atoms with Gasteiger partial charge >= 0.3 is 0 Å². The molecule has 1 unspecified atom stereocenters. The molecule has 0 bridgehead atoms. The van der Waals surface area contributed by atoms with Crippen molar-refractivity contribution in [2.75, 3.05) is 31.2 Å². The van der Waals surface area contributed by atoms with Crippen LogP contribution < -0.4 is 9.64 Å². The minimum Gasteiger partial charge on any atom is -0.474 e. The van der Waals surface area contributed by atoms with Crippen LogP contribution in [0.3, 0.4) is 0 Å². The Morgan fingerprint density at radius 3 is 3.04 bits per heavy atom. The average molecular weight is 338 g/mol. The standard InChI is InChI=1S/C19H22N4O2/c1-22-13-16(15-4-2-3-5-17(15)22)14-6-7-23(12-14)18-10-20-11-19(21-18)25-9-8-24/h2-5,10-11,13-14,24H,6-9,12H2,1H3. The Labute approximate surface area is 146 Å². The van der Waals surface area contributed by atoms with Crippen molar-refractivity contribution >= 4 is 16.7 Å². The predicted octanol–water partition coefficient (Wildman–Crippen LogP) is 2.33. The molecule has 1 atom stereocenters. The molecule has 1 N–H and O–H groups in total. The number of hydrogen-bond acceptors (Lipinski definition) is 5. The second kappa shape index (κ2) is 6.72. The van der Waals surface area contributed by atoms with Crippen LogP contribution in [0, 0.1) is 0 Å². The van der Waals surface area contributed by atoms with E-state index in [2.05, 4.69) is 56.9 Å². The first kappa shape index (κ1) is 15.9. The summed E-state index contributed by atoms with van der Waals surface area (Å²) in [5, 5.41) is 10.2. The van der Waals surface area contributed by atoms with Crippen molar-refractivity contribution in [1.29, 1.82) is 0 Å². The number of hydrogen-bond donors (Lipinski definition) is 1. The quantitative estimate of drug-likeness (QED) is 0.774. The Kier molecular flexibility index (Phi) is 4.28. The summed E-state index contributed by atoms with van der Waals surface area (Å²) in [5.74, 6) is 1.77. The van der Waals surface area contributed by atoms with Gasteiger partial charge in [-0.1, -0.05) is 18.2 Å². The number of fused-ring (bicyclic) bond motifs is 1. The summed E-state index contributed by atoms with van der Waals surface area (Å²) in [4.78, 5) is 11.0. The molecule has 0 aliphatic carbocycles. The molecule has 25 heavy (non-hydrogen) atoms. The molecular formula is C19H22N4O2. The summed E-state index contributed by atoms with van der Waals surface area (Å²) < 4.78 is 7.58. The van der Waals surface area contributed by atoms with E-state index in [1.54, 1.807) is 12.4 Å². The molecule has 4 rings (SSSR count). The van der Waals surface area contributed by atoms with Crippen molar-refractivity contribution < 1.29 is 9.84 Å². The van der Waals surface area contributed by atoms with Gasteiger partial charge in [0.05, 0.1) is 19.0 Å². The van der Waals surface area contributed by atoms with Crippen molar-refractivity contribution in [3.8, 4) is 5.88 Å². The van der Waals surface area contributed by atoms with Crippen molar-refractivity contribution in [3.63, 3.8) is 0 Å². The average Bonchev–Trinajstić information content (AvgIpc) is 3.26. The zero-order valence-electron chi connectivity index (χ0n) is 14.3. The minimum atomic E-state index is -0.0290. The molecule has 1 aromatic carbocycles. The Hall–Kier alpha value is -2.60. The topological polar surface area (TPSA) is 63.4 Å². The number of aliphatic hydroxyl groups is 1. The van der Waals surface area contributed by atoms with E-state index in [0.29, 0.717) is 11.8 Å². The highest BCUT2D eigenvalue weighted by Crippen LogP contribution is 2.35. The fraction of sp³-hybridized carbons (Fsp3) is 0.368. The van der Waals surface area contributed by atoms with Gasteiger partial charge in [-0.15, -0.1) is 0 Å². The highest BCUT2D eigenvalue weighted by molar-refractivity contribution is 5.84. The van der Waals surface area contributed by atoms with Gasteiger partial charge in [-0.25, -0.2) is 0 Å². The van der Waals surface area contributed by atoms with E-state index in [0.717, 1.165) is 25.3 Å². The third-order valence-electron chi connectivity index (χ3n) is 4.82. The van der Waals surface area contributed by atoms with E-state index in [1.165, 1.54) is 16.5 Å². The first-order chi connectivity index (χ1) is 12.3. The van der Waals surface area contributed by atoms with Gasteiger partial charge in [-0.3, -0.25) is 4.98 Å². The second-order valence-electron chi connectivity index (χ2n) is 6.43. The molecule has 1 aliphatic rings. The molecule has 6 heteroatoms. The fourth-order valence-electron chi connectivity index (χ4n) is 3.63. The zero-order valence-corrected chi connectivity index (χ0v) is 14.3. The predicted molar refractivity (Wildman–Crippen MR) is 97.1 cm³/mol. The lowest BCUT2D eigenvalue weighted by atomic mass is 9.98. The molecule has 1 fully saturated rings. The van der Waals surface area contributed by atoms with Gasteiger partial charge in [-0.05, 0) is 18.1 Å². The second-order valence-corrected chi connectivity index (χ2v) is 6.43. The monoisotopic (exact) mass is 338 g/mol. The normalized spacial score (nSPS) is 17.4. The van der Waals surface area contributed by atoms with Crippen LogP contribution in [0.25, 0.3) is 10.9 Å². The summed E-state index contributed by atoms with van der Waals surface area (Å²) in [6, 6.07) is 8.56. The highest BCUT2D eigenvalue weighted by Gasteiger charge is 2.27. The number of aryl methyl sites for hydroxylation is 1. The van der Waals surface area contributed by atoms with E-state index in [-0.39, 0.29) is 13.2 Å². The van der Waals surface area contributed by atoms with E-state index in [1.807, 2.05) is 0 Å². The molecular weight excluding hydrogens is 316 g/mol. The SMILES string of the molecule is Cn1cc(C2CCN(c3cncc(OCCO)n3)C2)c2ccccc21. The van der Waals surface area contributed by atoms with Crippen LogP contribution >= 0.6 is 0 Å². The maximum Gasteiger partial charge on any atom is 0.234 e. The lowest BCUT2D eigenvalue weighted by molar-refractivity contribution is 0.196. The Morgan fingerprint density at radius 2 is 2.16 bits per heavy atom. The molecule has 6 nitrogen and oxygen atoms in total. The van der Waals surface area contributed by atoms with Gasteiger partial charge in [0.25, 0.3) is 0 Å². The molecule has 3 heterocycles. The van der Waals surface area contributed by atoms with Crippen molar-refractivity contribution in [2.24, 2.45) is 7.05 Å². The number of aromatic nitrogens is 3. The third kappa shape index (κ3) is 3.05. The van der Waals surface area contributed by atoms with E-state index < -0.39 is 0 Å². The lowest BCUT2D eigenvalue weighted by Gasteiger charge is -2.17. The zero-order chi connectivity index (χ0) is 17.2. The molecule has 0 amide bonds. The van der Waals surface area contributed by atoms with Crippen LogP contribution in [-0.2, 0) is 7.05 Å². The molecule has 1 saturated heterocycles. The van der Waals surface area contributed by atoms with Crippen LogP contribution in [0.2, 0.25) is 0 Å². The number of ether oxygens (including phenoxy) is 1. The van der Waals surface area contributed by atoms with Crippen LogP contribution in [-0.4, -0.2) is 45.9 Å². The van der Waals surface area contributed by atoms with Crippen LogP contribution in [0.1, 0.15) is 17.9 Å². The largest absolute Gasteiger partial charge is 0.474 e. The van der Waals surface area contributed by atoms with Gasteiger partial charge in [-0.2, -0.15) is 4.98 Å². The highest BCUT2D eigenvalue weighted by atomic mass is 16.5. The van der Waals surface area contributed by atoms with Crippen molar-refractivity contribution in [1.82, 2.24) is 14.5 Å². The molecule has 130 valence electrons. The number of para-hydroxylation sites is 1. The molecule has 0 radical (unpaired) electrons. The Balaban J connectivity index is 1.55. The Morgan fingerprint density at radius 1 is 1.28 bits per heavy atom. The third-order valence-corrected chi connectivity index (χ3v) is 4.82. The van der Waals surface area contributed by atoms with Gasteiger partial charge in [0.1, 0.15) is 6.61 Å². The Bertz CT molecular complexity index is 877. The lowest BCUT2D eigenvalue weighted by Crippen LogP contribution is -2.21. The van der Waals surface area contributed by atoms with E-state index in [9.17, 15) is 0 Å².